The molecule has 2 atom stereocenters. The van der Waals surface area contributed by atoms with Crippen LogP contribution in [0.2, 0.25) is 0 Å². The van der Waals surface area contributed by atoms with E-state index in [1.54, 1.807) is 18.9 Å². The smallest absolute Gasteiger partial charge is 0.338 e. The number of hydrogen-bond donors (Lipinski definition) is 1. The van der Waals surface area contributed by atoms with Crippen molar-refractivity contribution < 1.29 is 14.3 Å². The highest BCUT2D eigenvalue weighted by molar-refractivity contribution is 5.95. The van der Waals surface area contributed by atoms with Gasteiger partial charge in [-0.15, -0.1) is 0 Å². The lowest BCUT2D eigenvalue weighted by Crippen LogP contribution is -2.50. The van der Waals surface area contributed by atoms with Crippen molar-refractivity contribution in [2.24, 2.45) is 0 Å². The van der Waals surface area contributed by atoms with Gasteiger partial charge in [-0.2, -0.15) is 0 Å². The number of carbonyl (C=O) groups is 2. The van der Waals surface area contributed by atoms with Crippen molar-refractivity contribution in [3.05, 3.63) is 46.7 Å². The van der Waals surface area contributed by atoms with Crippen molar-refractivity contribution in [2.45, 2.75) is 52.1 Å². The molecule has 3 rings (SSSR count). The molecule has 6 heteroatoms. The summed E-state index contributed by atoms with van der Waals surface area (Å²) in [4.78, 5) is 29.6. The molecule has 0 saturated carbocycles. The van der Waals surface area contributed by atoms with Crippen LogP contribution in [0, 0.1) is 6.92 Å². The fraction of sp³-hybridized carbons (Fsp3) is 0.545. The summed E-state index contributed by atoms with van der Waals surface area (Å²) < 4.78 is 5.40. The first kappa shape index (κ1) is 20.4. The molecule has 28 heavy (non-hydrogen) atoms. The molecule has 0 bridgehead atoms. The summed E-state index contributed by atoms with van der Waals surface area (Å²) in [5, 5.41) is 2.99. The molecule has 1 aromatic carbocycles. The first-order valence-corrected chi connectivity index (χ1v) is 10.2. The van der Waals surface area contributed by atoms with Crippen LogP contribution in [0.1, 0.15) is 50.3 Å². The predicted octanol–water partition coefficient (Wildman–Crippen LogP) is 3.38. The number of likely N-dealkylation sites (tertiary alicyclic amines) is 1. The second-order valence-corrected chi connectivity index (χ2v) is 7.75. The van der Waals surface area contributed by atoms with Crippen LogP contribution in [-0.4, -0.2) is 54.6 Å². The molecule has 152 valence electrons. The molecule has 0 radical (unpaired) electrons. The molecule has 0 aliphatic carbocycles. The summed E-state index contributed by atoms with van der Waals surface area (Å²) in [7, 11) is 1.73. The number of rotatable bonds is 5. The molecule has 0 unspecified atom stereocenters. The molecule has 2 aliphatic rings. The number of ether oxygens (including phenoxy) is 1. The zero-order valence-corrected chi connectivity index (χ0v) is 17.3. The van der Waals surface area contributed by atoms with E-state index in [9.17, 15) is 9.59 Å². The highest BCUT2D eigenvalue weighted by Gasteiger charge is 2.37. The highest BCUT2D eigenvalue weighted by atomic mass is 16.5. The van der Waals surface area contributed by atoms with Gasteiger partial charge in [0.05, 0.1) is 18.2 Å². The van der Waals surface area contributed by atoms with Gasteiger partial charge in [-0.05, 0) is 45.7 Å². The number of nitrogens with zero attached hydrogens (tertiary/aromatic N) is 2. The number of aryl methyl sites for hydroxylation is 1. The molecular formula is C22H31N3O3. The Morgan fingerprint density at radius 2 is 2.11 bits per heavy atom. The normalized spacial score (nSPS) is 23.6. The van der Waals surface area contributed by atoms with Gasteiger partial charge in [0.1, 0.15) is 0 Å². The lowest BCUT2D eigenvalue weighted by molar-refractivity contribution is -0.139. The number of esters is 1. The summed E-state index contributed by atoms with van der Waals surface area (Å²) in [6.07, 6.45) is 3.51. The highest BCUT2D eigenvalue weighted by Crippen LogP contribution is 2.32. The zero-order valence-electron chi connectivity index (χ0n) is 17.3. The first-order chi connectivity index (χ1) is 13.4. The third-order valence-electron chi connectivity index (χ3n) is 5.74. The molecule has 1 N–H and O–H groups in total. The fourth-order valence-corrected chi connectivity index (χ4v) is 4.08. The average molecular weight is 386 g/mol. The second kappa shape index (κ2) is 8.78. The Labute approximate surface area is 167 Å². The van der Waals surface area contributed by atoms with Crippen LogP contribution in [0.3, 0.4) is 0 Å². The van der Waals surface area contributed by atoms with E-state index in [0.29, 0.717) is 24.8 Å². The van der Waals surface area contributed by atoms with E-state index in [1.807, 2.05) is 31.2 Å². The number of urea groups is 1. The topological polar surface area (TPSA) is 61.9 Å². The van der Waals surface area contributed by atoms with Crippen molar-refractivity contribution in [1.29, 1.82) is 0 Å². The molecule has 2 aliphatic heterocycles. The minimum absolute atomic E-state index is 0.195. The van der Waals surface area contributed by atoms with Crippen LogP contribution in [0.4, 0.5) is 4.79 Å². The Bertz CT molecular complexity index is 774. The summed E-state index contributed by atoms with van der Waals surface area (Å²) in [6.45, 7) is 7.87. The molecular weight excluding hydrogens is 354 g/mol. The lowest BCUT2D eigenvalue weighted by atomic mass is 9.93. The molecule has 1 saturated heterocycles. The molecule has 0 spiro atoms. The second-order valence-electron chi connectivity index (χ2n) is 7.75. The van der Waals surface area contributed by atoms with E-state index >= 15 is 0 Å². The summed E-state index contributed by atoms with van der Waals surface area (Å²) in [6, 6.07) is 7.65. The van der Waals surface area contributed by atoms with Gasteiger partial charge in [-0.1, -0.05) is 36.2 Å². The van der Waals surface area contributed by atoms with Gasteiger partial charge in [-0.3, -0.25) is 9.80 Å². The molecule has 0 aromatic heterocycles. The van der Waals surface area contributed by atoms with Gasteiger partial charge in [0.2, 0.25) is 0 Å². The van der Waals surface area contributed by atoms with Gasteiger partial charge in [0.15, 0.2) is 0 Å². The van der Waals surface area contributed by atoms with Crippen molar-refractivity contribution >= 4 is 12.0 Å². The third-order valence-corrected chi connectivity index (χ3v) is 5.74. The Balaban J connectivity index is 2.06. The number of piperidine rings is 1. The number of hydrogen-bond acceptors (Lipinski definition) is 4. The minimum atomic E-state index is -0.502. The fourth-order valence-electron chi connectivity index (χ4n) is 4.08. The average Bonchev–Trinajstić information content (AvgIpc) is 2.67. The summed E-state index contributed by atoms with van der Waals surface area (Å²) in [5.41, 5.74) is 3.25. The summed E-state index contributed by atoms with van der Waals surface area (Å²) >= 11 is 0. The van der Waals surface area contributed by atoms with Crippen LogP contribution in [0.15, 0.2) is 35.5 Å². The minimum Gasteiger partial charge on any atom is -0.463 e. The van der Waals surface area contributed by atoms with E-state index in [1.165, 1.54) is 6.42 Å². The van der Waals surface area contributed by atoms with Gasteiger partial charge < -0.3 is 10.1 Å². The number of benzene rings is 1. The Hall–Kier alpha value is -2.34. The zero-order chi connectivity index (χ0) is 20.3. The third kappa shape index (κ3) is 4.22. The number of amides is 2. The number of carbonyl (C=O) groups excluding carboxylic acids is 2. The summed E-state index contributed by atoms with van der Waals surface area (Å²) in [5.74, 6) is -0.361. The SMILES string of the molecule is CCOC(=O)C1=C(CN2CCCC[C@@H]2C)N(C)C(=O)N[C@@H]1c1cccc(C)c1. The van der Waals surface area contributed by atoms with Crippen molar-refractivity contribution in [2.75, 3.05) is 26.7 Å². The Kier molecular flexibility index (Phi) is 6.39. The van der Waals surface area contributed by atoms with E-state index in [-0.39, 0.29) is 12.0 Å². The maximum atomic E-state index is 13.0. The number of likely N-dealkylation sites (N-methyl/N-ethyl adjacent to an activating group) is 1. The maximum absolute atomic E-state index is 13.0. The van der Waals surface area contributed by atoms with Gasteiger partial charge in [0, 0.05) is 25.3 Å². The Morgan fingerprint density at radius 1 is 1.32 bits per heavy atom. The molecule has 1 fully saturated rings. The van der Waals surface area contributed by atoms with E-state index in [2.05, 4.69) is 17.1 Å². The van der Waals surface area contributed by atoms with Crippen LogP contribution in [0.5, 0.6) is 0 Å². The molecule has 6 nitrogen and oxygen atoms in total. The molecule has 1 aromatic rings. The first-order valence-electron chi connectivity index (χ1n) is 10.2. The van der Waals surface area contributed by atoms with E-state index < -0.39 is 6.04 Å². The molecule has 2 amide bonds. The van der Waals surface area contributed by atoms with E-state index in [4.69, 9.17) is 4.74 Å². The standard InChI is InChI=1S/C22H31N3O3/c1-5-28-21(26)19-18(14-25-12-7-6-10-16(25)3)24(4)22(27)23-20(19)17-11-8-9-15(2)13-17/h8-9,11,13,16,20H,5-7,10,12,14H2,1-4H3,(H,23,27)/t16-,20+/m0/s1. The van der Waals surface area contributed by atoms with Gasteiger partial charge in [-0.25, -0.2) is 9.59 Å². The van der Waals surface area contributed by atoms with Crippen LogP contribution < -0.4 is 5.32 Å². The largest absolute Gasteiger partial charge is 0.463 e. The van der Waals surface area contributed by atoms with Crippen molar-refractivity contribution in [1.82, 2.24) is 15.1 Å². The van der Waals surface area contributed by atoms with Crippen molar-refractivity contribution in [3.8, 4) is 0 Å². The Morgan fingerprint density at radius 3 is 2.79 bits per heavy atom. The van der Waals surface area contributed by atoms with E-state index in [0.717, 1.165) is 36.2 Å². The van der Waals surface area contributed by atoms with Gasteiger partial charge >= 0.3 is 12.0 Å². The predicted molar refractivity (Wildman–Crippen MR) is 109 cm³/mol. The maximum Gasteiger partial charge on any atom is 0.338 e. The quantitative estimate of drug-likeness (QED) is 0.790. The number of nitrogens with one attached hydrogen (secondary N) is 1. The molecule has 2 heterocycles. The van der Waals surface area contributed by atoms with Gasteiger partial charge in [0.25, 0.3) is 0 Å². The van der Waals surface area contributed by atoms with Crippen LogP contribution in [0.25, 0.3) is 0 Å². The van der Waals surface area contributed by atoms with Crippen LogP contribution >= 0.6 is 0 Å². The van der Waals surface area contributed by atoms with Crippen molar-refractivity contribution in [3.63, 3.8) is 0 Å². The monoisotopic (exact) mass is 385 g/mol. The lowest BCUT2D eigenvalue weighted by Gasteiger charge is -2.39. The van der Waals surface area contributed by atoms with Crippen LogP contribution in [-0.2, 0) is 9.53 Å².